The Hall–Kier alpha value is -3.46. The van der Waals surface area contributed by atoms with Crippen molar-refractivity contribution in [2.75, 3.05) is 13.2 Å². The van der Waals surface area contributed by atoms with Gasteiger partial charge in [0.1, 0.15) is 29.5 Å². The van der Waals surface area contributed by atoms with Crippen LogP contribution in [0.2, 0.25) is 18.1 Å². The minimum absolute atomic E-state index is 0.0943. The molecule has 4 aromatic rings. The normalized spacial score (nSPS) is 12.1. The van der Waals surface area contributed by atoms with Gasteiger partial charge in [-0.25, -0.2) is 4.39 Å². The summed E-state index contributed by atoms with van der Waals surface area (Å²) in [5, 5.41) is 0.967. The van der Waals surface area contributed by atoms with Crippen LogP contribution in [0.1, 0.15) is 50.1 Å². The van der Waals surface area contributed by atoms with Gasteiger partial charge < -0.3 is 24.1 Å². The highest BCUT2D eigenvalue weighted by molar-refractivity contribution is 6.74. The van der Waals surface area contributed by atoms with Crippen LogP contribution in [0.25, 0.3) is 22.1 Å². The maximum absolute atomic E-state index is 15.5. The van der Waals surface area contributed by atoms with E-state index in [1.54, 1.807) is 25.1 Å². The molecule has 0 atom stereocenters. The van der Waals surface area contributed by atoms with E-state index in [1.165, 1.54) is 0 Å². The van der Waals surface area contributed by atoms with E-state index in [9.17, 15) is 4.79 Å². The first-order valence-electron chi connectivity index (χ1n) is 14.5. The lowest BCUT2D eigenvalue weighted by atomic mass is 9.98. The molecule has 4 rings (SSSR count). The van der Waals surface area contributed by atoms with E-state index in [-0.39, 0.29) is 36.4 Å². The molecule has 42 heavy (non-hydrogen) atoms. The average molecular weight is 592 g/mol. The molecule has 2 N–H and O–H groups in total. The molecular formula is C34H42FNO5Si. The zero-order chi connectivity index (χ0) is 30.5. The number of halogens is 1. The molecule has 1 heterocycles. The lowest BCUT2D eigenvalue weighted by molar-refractivity contribution is -0.142. The molecule has 0 fully saturated rings. The Morgan fingerprint density at radius 2 is 1.74 bits per heavy atom. The molecule has 6 nitrogen and oxygen atoms in total. The lowest BCUT2D eigenvalue weighted by Gasteiger charge is -2.36. The van der Waals surface area contributed by atoms with Gasteiger partial charge in [0.15, 0.2) is 8.32 Å². The Morgan fingerprint density at radius 3 is 2.45 bits per heavy atom. The molecule has 1 aromatic heterocycles. The average Bonchev–Trinajstić information content (AvgIpc) is 3.34. The molecule has 0 bridgehead atoms. The van der Waals surface area contributed by atoms with Gasteiger partial charge in [-0.2, -0.15) is 0 Å². The van der Waals surface area contributed by atoms with Crippen LogP contribution in [0.4, 0.5) is 4.39 Å². The number of para-hydroxylation sites is 1. The number of carbonyl (C=O) groups is 1. The molecule has 0 spiro atoms. The number of esters is 1. The van der Waals surface area contributed by atoms with Crippen molar-refractivity contribution < 1.29 is 27.5 Å². The summed E-state index contributed by atoms with van der Waals surface area (Å²) >= 11 is 0. The number of nitrogens with two attached hydrogens (primary N) is 1. The first-order chi connectivity index (χ1) is 19.9. The molecule has 0 unspecified atom stereocenters. The van der Waals surface area contributed by atoms with E-state index in [0.717, 1.165) is 22.3 Å². The molecule has 0 saturated heterocycles. The number of rotatable bonds is 12. The van der Waals surface area contributed by atoms with Gasteiger partial charge >= 0.3 is 5.97 Å². The molecule has 0 aliphatic heterocycles. The number of hydrogen-bond donors (Lipinski definition) is 1. The van der Waals surface area contributed by atoms with Crippen LogP contribution in [0.3, 0.4) is 0 Å². The Balaban J connectivity index is 1.66. The zero-order valence-corrected chi connectivity index (χ0v) is 26.5. The van der Waals surface area contributed by atoms with Crippen molar-refractivity contribution in [3.63, 3.8) is 0 Å². The number of hydrogen-bond acceptors (Lipinski definition) is 6. The van der Waals surface area contributed by atoms with Crippen molar-refractivity contribution in [2.24, 2.45) is 5.73 Å². The smallest absolute Gasteiger partial charge is 0.310 e. The van der Waals surface area contributed by atoms with Crippen molar-refractivity contribution in [3.05, 3.63) is 88.9 Å². The Labute approximate surface area is 249 Å². The van der Waals surface area contributed by atoms with E-state index in [0.29, 0.717) is 47.7 Å². The third-order valence-corrected chi connectivity index (χ3v) is 12.5. The van der Waals surface area contributed by atoms with E-state index in [4.69, 9.17) is 24.1 Å². The summed E-state index contributed by atoms with van der Waals surface area (Å²) in [6.45, 7) is 14.1. The first kappa shape index (κ1) is 31.5. The third kappa shape index (κ3) is 7.29. The minimum atomic E-state index is -1.90. The maximum atomic E-state index is 15.5. The number of ether oxygens (including phenoxy) is 2. The van der Waals surface area contributed by atoms with Gasteiger partial charge in [-0.05, 0) is 54.9 Å². The fourth-order valence-corrected chi connectivity index (χ4v) is 5.61. The fourth-order valence-electron chi connectivity index (χ4n) is 4.56. The van der Waals surface area contributed by atoms with Crippen molar-refractivity contribution >= 4 is 25.3 Å². The monoisotopic (exact) mass is 591 g/mol. The second-order valence-electron chi connectivity index (χ2n) is 12.0. The lowest BCUT2D eigenvalue weighted by Crippen LogP contribution is -2.41. The molecule has 0 radical (unpaired) electrons. The molecule has 3 aromatic carbocycles. The molecule has 0 saturated carbocycles. The van der Waals surface area contributed by atoms with E-state index in [2.05, 4.69) is 33.9 Å². The summed E-state index contributed by atoms with van der Waals surface area (Å²) in [5.74, 6) is 0.701. The molecule has 0 aliphatic carbocycles. The number of benzene rings is 3. The quantitative estimate of drug-likeness (QED) is 0.133. The second kappa shape index (κ2) is 13.2. The van der Waals surface area contributed by atoms with Crippen LogP contribution in [0.5, 0.6) is 5.75 Å². The van der Waals surface area contributed by atoms with Crippen LogP contribution in [0, 0.1) is 5.82 Å². The summed E-state index contributed by atoms with van der Waals surface area (Å²) in [5.41, 5.74) is 9.50. The minimum Gasteiger partial charge on any atom is -0.489 e. The topological polar surface area (TPSA) is 83.9 Å². The molecule has 8 heteroatoms. The fraction of sp³-hybridized carbons (Fsp3) is 0.382. The van der Waals surface area contributed by atoms with Gasteiger partial charge in [0.2, 0.25) is 0 Å². The molecule has 0 aliphatic rings. The van der Waals surface area contributed by atoms with Gasteiger partial charge in [-0.15, -0.1) is 0 Å². The summed E-state index contributed by atoms with van der Waals surface area (Å²) < 4.78 is 39.6. The van der Waals surface area contributed by atoms with Crippen molar-refractivity contribution in [1.29, 1.82) is 0 Å². The summed E-state index contributed by atoms with van der Waals surface area (Å²) in [6, 6.07) is 18.5. The molecular weight excluding hydrogens is 549 g/mol. The van der Waals surface area contributed by atoms with Crippen LogP contribution >= 0.6 is 0 Å². The zero-order valence-electron chi connectivity index (χ0n) is 25.5. The number of carbonyl (C=O) groups excluding carboxylic acids is 1. The highest BCUT2D eigenvalue weighted by atomic mass is 28.4. The van der Waals surface area contributed by atoms with Crippen LogP contribution < -0.4 is 10.5 Å². The van der Waals surface area contributed by atoms with E-state index < -0.39 is 8.32 Å². The highest BCUT2D eigenvalue weighted by Gasteiger charge is 2.37. The summed E-state index contributed by atoms with van der Waals surface area (Å²) in [4.78, 5) is 12.1. The Bertz CT molecular complexity index is 1540. The number of furan rings is 1. The SMILES string of the molecule is CCOC(=O)Cc1ccccc1OCc1cc(-c2cccc(CN)c2F)c2oc(CCO[Si](C)(C)C(C)(C)C)cc2c1. The van der Waals surface area contributed by atoms with E-state index >= 15 is 4.39 Å². The van der Waals surface area contributed by atoms with Crippen molar-refractivity contribution in [3.8, 4) is 16.9 Å². The van der Waals surface area contributed by atoms with Gasteiger partial charge in [0.05, 0.1) is 13.0 Å². The standard InChI is InChI=1S/C34H42FNO5Si/c1-7-38-31(37)20-24-11-8-9-14-30(24)39-22-23-17-26-19-27(15-16-40-42(5,6)34(2,3)4)41-33(26)29(18-23)28-13-10-12-25(21-36)32(28)35/h8-14,17-19H,7,15-16,20-22,36H2,1-6H3. The highest BCUT2D eigenvalue weighted by Crippen LogP contribution is 2.38. The molecule has 224 valence electrons. The third-order valence-electron chi connectivity index (χ3n) is 7.94. The predicted octanol–water partition coefficient (Wildman–Crippen LogP) is 7.95. The Morgan fingerprint density at radius 1 is 1.00 bits per heavy atom. The molecule has 0 amide bonds. The van der Waals surface area contributed by atoms with Crippen molar-refractivity contribution in [2.45, 2.75) is 71.8 Å². The largest absolute Gasteiger partial charge is 0.489 e. The number of fused-ring (bicyclic) bond motifs is 1. The predicted molar refractivity (Wildman–Crippen MR) is 167 cm³/mol. The maximum Gasteiger partial charge on any atom is 0.310 e. The Kier molecular flexibility index (Phi) is 9.92. The van der Waals surface area contributed by atoms with Crippen LogP contribution in [-0.4, -0.2) is 27.5 Å². The van der Waals surface area contributed by atoms with Gasteiger partial charge in [0, 0.05) is 47.2 Å². The first-order valence-corrected chi connectivity index (χ1v) is 17.4. The van der Waals surface area contributed by atoms with Crippen LogP contribution in [-0.2, 0) is 40.0 Å². The summed E-state index contributed by atoms with van der Waals surface area (Å²) in [7, 11) is -1.90. The summed E-state index contributed by atoms with van der Waals surface area (Å²) in [6.07, 6.45) is 0.729. The van der Waals surface area contributed by atoms with Gasteiger partial charge in [0.25, 0.3) is 0 Å². The van der Waals surface area contributed by atoms with Gasteiger partial charge in [-0.1, -0.05) is 57.2 Å². The van der Waals surface area contributed by atoms with Crippen LogP contribution in [0.15, 0.2) is 65.1 Å². The van der Waals surface area contributed by atoms with E-state index in [1.807, 2.05) is 42.5 Å². The van der Waals surface area contributed by atoms with Crippen molar-refractivity contribution in [1.82, 2.24) is 0 Å². The second-order valence-corrected chi connectivity index (χ2v) is 16.8. The van der Waals surface area contributed by atoms with Gasteiger partial charge in [-0.3, -0.25) is 4.79 Å².